The molecule has 3 fully saturated rings. The number of nitrogens with one attached hydrogen (secondary N) is 1. The molecule has 1 aliphatic carbocycles. The highest BCUT2D eigenvalue weighted by atomic mass is 16.5. The molecule has 0 aromatic heterocycles. The smallest absolute Gasteiger partial charge is 0.0710 e. The normalized spacial score (nSPS) is 35.2. The second-order valence-corrected chi connectivity index (χ2v) is 6.87. The molecule has 1 N–H and O–H groups in total. The maximum Gasteiger partial charge on any atom is 0.0710 e. The van der Waals surface area contributed by atoms with Gasteiger partial charge in [0.1, 0.15) is 0 Å². The van der Waals surface area contributed by atoms with Gasteiger partial charge in [-0.2, -0.15) is 0 Å². The zero-order valence-corrected chi connectivity index (χ0v) is 12.5. The first-order valence-corrected chi connectivity index (χ1v) is 8.43. The van der Waals surface area contributed by atoms with Gasteiger partial charge in [-0.15, -0.1) is 0 Å². The maximum absolute atomic E-state index is 6.45. The molecule has 0 aromatic carbocycles. The molecule has 2 unspecified atom stereocenters. The molecular weight excluding hydrogens is 236 g/mol. The van der Waals surface area contributed by atoms with Crippen molar-refractivity contribution < 1.29 is 4.74 Å². The third kappa shape index (κ3) is 3.32. The lowest BCUT2D eigenvalue weighted by atomic mass is 9.98. The van der Waals surface area contributed by atoms with Crippen LogP contribution in [0, 0.1) is 0 Å². The minimum absolute atomic E-state index is 0.307. The monoisotopic (exact) mass is 266 g/mol. The summed E-state index contributed by atoms with van der Waals surface area (Å²) < 4.78 is 6.45. The van der Waals surface area contributed by atoms with Crippen molar-refractivity contribution in [3.8, 4) is 0 Å². The molecule has 0 aromatic rings. The Morgan fingerprint density at radius 2 is 2.11 bits per heavy atom. The van der Waals surface area contributed by atoms with Crippen molar-refractivity contribution in [1.29, 1.82) is 0 Å². The van der Waals surface area contributed by atoms with Crippen LogP contribution in [0.2, 0.25) is 0 Å². The summed E-state index contributed by atoms with van der Waals surface area (Å²) in [6.07, 6.45) is 11.1. The zero-order chi connectivity index (χ0) is 13.1. The Morgan fingerprint density at radius 1 is 1.26 bits per heavy atom. The Kier molecular flexibility index (Phi) is 4.45. The number of hydrogen-bond donors (Lipinski definition) is 1. The van der Waals surface area contributed by atoms with Crippen LogP contribution in [0.25, 0.3) is 0 Å². The SMILES string of the molecule is CCCC1CN(CC2CCC3(CCCC3)O2)CCN1. The van der Waals surface area contributed by atoms with Crippen molar-refractivity contribution in [3.63, 3.8) is 0 Å². The first kappa shape index (κ1) is 13.8. The highest BCUT2D eigenvalue weighted by Gasteiger charge is 2.42. The quantitative estimate of drug-likeness (QED) is 0.846. The van der Waals surface area contributed by atoms with Crippen molar-refractivity contribution in [2.24, 2.45) is 0 Å². The molecular formula is C16H30N2O. The van der Waals surface area contributed by atoms with Gasteiger partial charge in [0.25, 0.3) is 0 Å². The van der Waals surface area contributed by atoms with E-state index in [9.17, 15) is 0 Å². The van der Waals surface area contributed by atoms with E-state index in [2.05, 4.69) is 17.1 Å². The van der Waals surface area contributed by atoms with Crippen molar-refractivity contribution >= 4 is 0 Å². The van der Waals surface area contributed by atoms with Gasteiger partial charge in [-0.1, -0.05) is 26.2 Å². The zero-order valence-electron chi connectivity index (χ0n) is 12.5. The summed E-state index contributed by atoms with van der Waals surface area (Å²) in [4.78, 5) is 2.63. The average Bonchev–Trinajstić information content (AvgIpc) is 3.02. The summed E-state index contributed by atoms with van der Waals surface area (Å²) in [5.41, 5.74) is 0.307. The fourth-order valence-corrected chi connectivity index (χ4v) is 4.30. The van der Waals surface area contributed by atoms with Crippen LogP contribution in [-0.2, 0) is 4.74 Å². The number of nitrogens with zero attached hydrogens (tertiary/aromatic N) is 1. The average molecular weight is 266 g/mol. The Balaban J connectivity index is 1.46. The van der Waals surface area contributed by atoms with Gasteiger partial charge in [-0.25, -0.2) is 0 Å². The predicted octanol–water partition coefficient (Wildman–Crippen LogP) is 2.55. The van der Waals surface area contributed by atoms with E-state index in [0.717, 1.165) is 6.54 Å². The standard InChI is InChI=1S/C16H30N2O/c1-2-5-14-12-18(11-10-17-14)13-15-6-9-16(19-15)7-3-4-8-16/h14-15,17H,2-13H2,1H3. The summed E-state index contributed by atoms with van der Waals surface area (Å²) in [5, 5.41) is 3.64. The van der Waals surface area contributed by atoms with Gasteiger partial charge >= 0.3 is 0 Å². The van der Waals surface area contributed by atoms with E-state index in [4.69, 9.17) is 4.74 Å². The summed E-state index contributed by atoms with van der Waals surface area (Å²) in [6, 6.07) is 0.709. The van der Waals surface area contributed by atoms with Crippen molar-refractivity contribution in [3.05, 3.63) is 0 Å². The van der Waals surface area contributed by atoms with Crippen molar-refractivity contribution in [2.75, 3.05) is 26.2 Å². The predicted molar refractivity (Wildman–Crippen MR) is 78.4 cm³/mol. The van der Waals surface area contributed by atoms with Gasteiger partial charge in [-0.05, 0) is 32.1 Å². The van der Waals surface area contributed by atoms with Crippen molar-refractivity contribution in [1.82, 2.24) is 10.2 Å². The van der Waals surface area contributed by atoms with E-state index in [1.807, 2.05) is 0 Å². The van der Waals surface area contributed by atoms with Crippen LogP contribution in [0.3, 0.4) is 0 Å². The summed E-state index contributed by atoms with van der Waals surface area (Å²) in [6.45, 7) is 7.03. The Morgan fingerprint density at radius 3 is 2.89 bits per heavy atom. The van der Waals surface area contributed by atoms with Crippen LogP contribution in [0.5, 0.6) is 0 Å². The van der Waals surface area contributed by atoms with Gasteiger partial charge < -0.3 is 10.1 Å². The number of ether oxygens (including phenoxy) is 1. The largest absolute Gasteiger partial charge is 0.370 e. The topological polar surface area (TPSA) is 24.5 Å². The van der Waals surface area contributed by atoms with Gasteiger partial charge in [0.15, 0.2) is 0 Å². The lowest BCUT2D eigenvalue weighted by molar-refractivity contribution is -0.0494. The molecule has 3 heteroatoms. The first-order chi connectivity index (χ1) is 9.30. The molecule has 1 spiro atoms. The second kappa shape index (κ2) is 6.11. The van der Waals surface area contributed by atoms with Gasteiger partial charge in [-0.3, -0.25) is 4.90 Å². The first-order valence-electron chi connectivity index (χ1n) is 8.43. The number of piperazine rings is 1. The lowest BCUT2D eigenvalue weighted by Gasteiger charge is -2.35. The van der Waals surface area contributed by atoms with E-state index >= 15 is 0 Å². The van der Waals surface area contributed by atoms with Crippen LogP contribution in [-0.4, -0.2) is 48.8 Å². The molecule has 2 heterocycles. The van der Waals surface area contributed by atoms with Crippen LogP contribution >= 0.6 is 0 Å². The molecule has 0 radical (unpaired) electrons. The van der Waals surface area contributed by atoms with E-state index in [1.54, 1.807) is 0 Å². The van der Waals surface area contributed by atoms with Crippen molar-refractivity contribution in [2.45, 2.75) is 76.0 Å². The minimum Gasteiger partial charge on any atom is -0.370 e. The van der Waals surface area contributed by atoms with Gasteiger partial charge in [0, 0.05) is 32.2 Å². The van der Waals surface area contributed by atoms with Crippen LogP contribution in [0.15, 0.2) is 0 Å². The molecule has 1 saturated carbocycles. The number of rotatable bonds is 4. The summed E-state index contributed by atoms with van der Waals surface area (Å²) >= 11 is 0. The molecule has 19 heavy (non-hydrogen) atoms. The molecule has 3 aliphatic rings. The maximum atomic E-state index is 6.45. The summed E-state index contributed by atoms with van der Waals surface area (Å²) in [5.74, 6) is 0. The van der Waals surface area contributed by atoms with E-state index in [-0.39, 0.29) is 0 Å². The van der Waals surface area contributed by atoms with E-state index < -0.39 is 0 Å². The Bertz CT molecular complexity index is 286. The van der Waals surface area contributed by atoms with Crippen LogP contribution in [0.4, 0.5) is 0 Å². The van der Waals surface area contributed by atoms with E-state index in [1.165, 1.54) is 71.0 Å². The van der Waals surface area contributed by atoms with Gasteiger partial charge in [0.2, 0.25) is 0 Å². The highest BCUT2D eigenvalue weighted by molar-refractivity contribution is 4.94. The molecule has 110 valence electrons. The molecule has 2 aliphatic heterocycles. The van der Waals surface area contributed by atoms with Gasteiger partial charge in [0.05, 0.1) is 11.7 Å². The molecule has 3 rings (SSSR count). The molecule has 2 atom stereocenters. The fourth-order valence-electron chi connectivity index (χ4n) is 4.30. The van der Waals surface area contributed by atoms with Crippen LogP contribution in [0.1, 0.15) is 58.3 Å². The molecule has 0 amide bonds. The molecule has 3 nitrogen and oxygen atoms in total. The third-order valence-electron chi connectivity index (χ3n) is 5.29. The molecule has 0 bridgehead atoms. The van der Waals surface area contributed by atoms with Crippen LogP contribution < -0.4 is 5.32 Å². The highest BCUT2D eigenvalue weighted by Crippen LogP contribution is 2.43. The number of hydrogen-bond acceptors (Lipinski definition) is 3. The summed E-state index contributed by atoms with van der Waals surface area (Å²) in [7, 11) is 0. The van der Waals surface area contributed by atoms with E-state index in [0.29, 0.717) is 17.7 Å². The lowest BCUT2D eigenvalue weighted by Crippen LogP contribution is -2.52. The Labute approximate surface area is 118 Å². The second-order valence-electron chi connectivity index (χ2n) is 6.87. The molecule has 2 saturated heterocycles. The minimum atomic E-state index is 0.307. The third-order valence-corrected chi connectivity index (χ3v) is 5.29. The fraction of sp³-hybridized carbons (Fsp3) is 1.00. The Hall–Kier alpha value is -0.120.